The maximum absolute atomic E-state index is 5.70. The quantitative estimate of drug-likeness (QED) is 0.782. The van der Waals surface area contributed by atoms with Crippen molar-refractivity contribution < 1.29 is 4.74 Å². The first-order valence-corrected chi connectivity index (χ1v) is 6.63. The number of hydrogen-bond acceptors (Lipinski definition) is 3. The van der Waals surface area contributed by atoms with Gasteiger partial charge in [-0.25, -0.2) is 0 Å². The van der Waals surface area contributed by atoms with Crippen LogP contribution in [0.3, 0.4) is 0 Å². The molecule has 0 heterocycles. The third-order valence-corrected chi connectivity index (χ3v) is 2.90. The summed E-state index contributed by atoms with van der Waals surface area (Å²) < 4.78 is 6.79. The molecule has 17 heavy (non-hydrogen) atoms. The maximum atomic E-state index is 5.70. The lowest BCUT2D eigenvalue weighted by Crippen LogP contribution is -2.29. The SMILES string of the molecule is Cc1cc(Br)ccc1OCCNCCN(C)C. The van der Waals surface area contributed by atoms with Gasteiger partial charge in [0, 0.05) is 24.1 Å². The second-order valence-corrected chi connectivity index (χ2v) is 5.23. The van der Waals surface area contributed by atoms with Crippen molar-refractivity contribution in [2.24, 2.45) is 0 Å². The van der Waals surface area contributed by atoms with Gasteiger partial charge in [0.25, 0.3) is 0 Å². The molecular weight excluding hydrogens is 280 g/mol. The molecule has 0 bridgehead atoms. The van der Waals surface area contributed by atoms with Gasteiger partial charge in [-0.15, -0.1) is 0 Å². The average Bonchev–Trinajstić information content (AvgIpc) is 2.25. The first kappa shape index (κ1) is 14.5. The van der Waals surface area contributed by atoms with Crippen LogP contribution in [0.2, 0.25) is 0 Å². The predicted molar refractivity (Wildman–Crippen MR) is 75.8 cm³/mol. The molecule has 3 nitrogen and oxygen atoms in total. The Kier molecular flexibility index (Phi) is 6.55. The molecular formula is C13H21BrN2O. The third kappa shape index (κ3) is 6.05. The zero-order valence-electron chi connectivity index (χ0n) is 10.8. The Balaban J connectivity index is 2.18. The van der Waals surface area contributed by atoms with Crippen LogP contribution in [-0.4, -0.2) is 45.2 Å². The van der Waals surface area contributed by atoms with Crippen LogP contribution in [0.5, 0.6) is 5.75 Å². The number of halogens is 1. The highest BCUT2D eigenvalue weighted by Gasteiger charge is 1.99. The highest BCUT2D eigenvalue weighted by molar-refractivity contribution is 9.10. The molecule has 0 amide bonds. The number of nitrogens with one attached hydrogen (secondary N) is 1. The van der Waals surface area contributed by atoms with Crippen LogP contribution in [-0.2, 0) is 0 Å². The van der Waals surface area contributed by atoms with Crippen molar-refractivity contribution in [3.05, 3.63) is 28.2 Å². The molecule has 4 heteroatoms. The van der Waals surface area contributed by atoms with Gasteiger partial charge in [0.05, 0.1) is 0 Å². The summed E-state index contributed by atoms with van der Waals surface area (Å²) in [4.78, 5) is 2.16. The van der Waals surface area contributed by atoms with Crippen molar-refractivity contribution in [3.8, 4) is 5.75 Å². The smallest absolute Gasteiger partial charge is 0.122 e. The molecule has 1 rings (SSSR count). The van der Waals surface area contributed by atoms with Crippen molar-refractivity contribution in [1.82, 2.24) is 10.2 Å². The van der Waals surface area contributed by atoms with Gasteiger partial charge in [0.1, 0.15) is 12.4 Å². The Bertz CT molecular complexity index is 342. The van der Waals surface area contributed by atoms with E-state index in [0.29, 0.717) is 6.61 Å². The van der Waals surface area contributed by atoms with E-state index >= 15 is 0 Å². The number of hydrogen-bond donors (Lipinski definition) is 1. The van der Waals surface area contributed by atoms with Gasteiger partial charge in [-0.3, -0.25) is 0 Å². The molecule has 0 atom stereocenters. The lowest BCUT2D eigenvalue weighted by atomic mass is 10.2. The lowest BCUT2D eigenvalue weighted by molar-refractivity contribution is 0.306. The third-order valence-electron chi connectivity index (χ3n) is 2.41. The molecule has 1 N–H and O–H groups in total. The van der Waals surface area contributed by atoms with Crippen LogP contribution in [0, 0.1) is 6.92 Å². The lowest BCUT2D eigenvalue weighted by Gasteiger charge is -2.12. The van der Waals surface area contributed by atoms with Gasteiger partial charge in [0.15, 0.2) is 0 Å². The van der Waals surface area contributed by atoms with Gasteiger partial charge in [-0.05, 0) is 44.8 Å². The molecule has 0 aliphatic rings. The molecule has 0 unspecified atom stereocenters. The molecule has 1 aromatic carbocycles. The summed E-state index contributed by atoms with van der Waals surface area (Å²) in [6.07, 6.45) is 0. The first-order valence-electron chi connectivity index (χ1n) is 5.84. The summed E-state index contributed by atoms with van der Waals surface area (Å²) >= 11 is 3.44. The average molecular weight is 301 g/mol. The van der Waals surface area contributed by atoms with Crippen LogP contribution in [0.25, 0.3) is 0 Å². The first-order chi connectivity index (χ1) is 8.09. The molecule has 0 radical (unpaired) electrons. The highest BCUT2D eigenvalue weighted by atomic mass is 79.9. The Morgan fingerprint density at radius 2 is 2.06 bits per heavy atom. The summed E-state index contributed by atoms with van der Waals surface area (Å²) in [5, 5.41) is 3.34. The zero-order chi connectivity index (χ0) is 12.7. The molecule has 0 saturated heterocycles. The van der Waals surface area contributed by atoms with Gasteiger partial charge in [-0.2, -0.15) is 0 Å². The number of ether oxygens (including phenoxy) is 1. The van der Waals surface area contributed by atoms with Crippen molar-refractivity contribution >= 4 is 15.9 Å². The number of rotatable bonds is 7. The molecule has 96 valence electrons. The van der Waals surface area contributed by atoms with Crippen molar-refractivity contribution in [3.63, 3.8) is 0 Å². The van der Waals surface area contributed by atoms with Crippen LogP contribution in [0.4, 0.5) is 0 Å². The van der Waals surface area contributed by atoms with E-state index in [0.717, 1.165) is 35.4 Å². The molecule has 1 aromatic rings. The van der Waals surface area contributed by atoms with E-state index in [1.807, 2.05) is 12.1 Å². The van der Waals surface area contributed by atoms with Crippen LogP contribution in [0.1, 0.15) is 5.56 Å². The second-order valence-electron chi connectivity index (χ2n) is 4.31. The Morgan fingerprint density at radius 1 is 1.29 bits per heavy atom. The Morgan fingerprint density at radius 3 is 2.71 bits per heavy atom. The van der Waals surface area contributed by atoms with Crippen molar-refractivity contribution in [1.29, 1.82) is 0 Å². The summed E-state index contributed by atoms with van der Waals surface area (Å²) in [6.45, 7) is 5.69. The molecule has 0 spiro atoms. The standard InChI is InChI=1S/C13H21BrN2O/c1-11-10-12(14)4-5-13(11)17-9-7-15-6-8-16(2)3/h4-5,10,15H,6-9H2,1-3H3. The number of aryl methyl sites for hydroxylation is 1. The Hall–Kier alpha value is -0.580. The monoisotopic (exact) mass is 300 g/mol. The van der Waals surface area contributed by atoms with Crippen LogP contribution < -0.4 is 10.1 Å². The Labute approximate surface area is 112 Å². The van der Waals surface area contributed by atoms with E-state index in [4.69, 9.17) is 4.74 Å². The minimum Gasteiger partial charge on any atom is -0.492 e. The number of benzene rings is 1. The minimum atomic E-state index is 0.704. The number of likely N-dealkylation sites (N-methyl/N-ethyl adjacent to an activating group) is 1. The largest absolute Gasteiger partial charge is 0.492 e. The fourth-order valence-corrected chi connectivity index (χ4v) is 1.91. The van der Waals surface area contributed by atoms with Gasteiger partial charge < -0.3 is 15.0 Å². The van der Waals surface area contributed by atoms with Gasteiger partial charge in [-0.1, -0.05) is 15.9 Å². The topological polar surface area (TPSA) is 24.5 Å². The van der Waals surface area contributed by atoms with E-state index in [9.17, 15) is 0 Å². The van der Waals surface area contributed by atoms with E-state index in [2.05, 4.69) is 53.2 Å². The van der Waals surface area contributed by atoms with Crippen LogP contribution >= 0.6 is 15.9 Å². The zero-order valence-corrected chi connectivity index (χ0v) is 12.4. The minimum absolute atomic E-state index is 0.704. The molecule has 0 aliphatic carbocycles. The highest BCUT2D eigenvalue weighted by Crippen LogP contribution is 2.21. The second kappa shape index (κ2) is 7.69. The van der Waals surface area contributed by atoms with Crippen LogP contribution in [0.15, 0.2) is 22.7 Å². The van der Waals surface area contributed by atoms with Crippen molar-refractivity contribution in [2.45, 2.75) is 6.92 Å². The fraction of sp³-hybridized carbons (Fsp3) is 0.538. The maximum Gasteiger partial charge on any atom is 0.122 e. The molecule has 0 aromatic heterocycles. The summed E-state index contributed by atoms with van der Waals surface area (Å²) in [7, 11) is 4.15. The predicted octanol–water partition coefficient (Wildman–Crippen LogP) is 2.29. The molecule has 0 aliphatic heterocycles. The molecule has 0 saturated carbocycles. The summed E-state index contributed by atoms with van der Waals surface area (Å²) in [6, 6.07) is 6.07. The van der Waals surface area contributed by atoms with Gasteiger partial charge in [0.2, 0.25) is 0 Å². The normalized spacial score (nSPS) is 10.9. The van der Waals surface area contributed by atoms with Crippen molar-refractivity contribution in [2.75, 3.05) is 40.3 Å². The van der Waals surface area contributed by atoms with E-state index in [-0.39, 0.29) is 0 Å². The number of nitrogens with zero attached hydrogens (tertiary/aromatic N) is 1. The van der Waals surface area contributed by atoms with E-state index in [1.165, 1.54) is 0 Å². The van der Waals surface area contributed by atoms with Gasteiger partial charge >= 0.3 is 0 Å². The summed E-state index contributed by atoms with van der Waals surface area (Å²) in [5.41, 5.74) is 1.16. The fourth-order valence-electron chi connectivity index (χ4n) is 1.44. The van der Waals surface area contributed by atoms with E-state index < -0.39 is 0 Å². The molecule has 0 fully saturated rings. The summed E-state index contributed by atoms with van der Waals surface area (Å²) in [5.74, 6) is 0.961. The van der Waals surface area contributed by atoms with E-state index in [1.54, 1.807) is 0 Å².